The van der Waals surface area contributed by atoms with Crippen molar-refractivity contribution in [3.05, 3.63) is 42.0 Å². The van der Waals surface area contributed by atoms with Gasteiger partial charge in [0.2, 0.25) is 0 Å². The standard InChI is InChI=1S/C10H11N3O/c1-8-2-3-10(13-12-8)11-6-9-4-5-14-7-9/h2-5,7H,6H2,1H3,(H,11,13). The van der Waals surface area contributed by atoms with Gasteiger partial charge in [-0.15, -0.1) is 5.10 Å². The topological polar surface area (TPSA) is 51.0 Å². The lowest BCUT2D eigenvalue weighted by Crippen LogP contribution is -2.01. The number of anilines is 1. The molecule has 72 valence electrons. The Kier molecular flexibility index (Phi) is 2.44. The van der Waals surface area contributed by atoms with Crippen molar-refractivity contribution >= 4 is 5.82 Å². The minimum atomic E-state index is 0.703. The minimum Gasteiger partial charge on any atom is -0.472 e. The van der Waals surface area contributed by atoms with E-state index in [4.69, 9.17) is 4.42 Å². The second-order valence-electron chi connectivity index (χ2n) is 3.05. The van der Waals surface area contributed by atoms with Crippen molar-refractivity contribution < 1.29 is 4.42 Å². The molecule has 14 heavy (non-hydrogen) atoms. The van der Waals surface area contributed by atoms with Crippen LogP contribution < -0.4 is 5.32 Å². The molecule has 0 aliphatic heterocycles. The second-order valence-corrected chi connectivity index (χ2v) is 3.05. The number of rotatable bonds is 3. The smallest absolute Gasteiger partial charge is 0.148 e. The highest BCUT2D eigenvalue weighted by Crippen LogP contribution is 2.05. The van der Waals surface area contributed by atoms with Gasteiger partial charge >= 0.3 is 0 Å². The predicted molar refractivity (Wildman–Crippen MR) is 52.8 cm³/mol. The largest absolute Gasteiger partial charge is 0.472 e. The summed E-state index contributed by atoms with van der Waals surface area (Å²) in [6.07, 6.45) is 3.35. The normalized spacial score (nSPS) is 10.1. The molecule has 2 aromatic rings. The van der Waals surface area contributed by atoms with Gasteiger partial charge in [0.1, 0.15) is 5.82 Å². The molecule has 2 heterocycles. The van der Waals surface area contributed by atoms with Gasteiger partial charge in [0.05, 0.1) is 18.2 Å². The SMILES string of the molecule is Cc1ccc(NCc2ccoc2)nn1. The van der Waals surface area contributed by atoms with Crippen molar-refractivity contribution in [2.75, 3.05) is 5.32 Å². The maximum Gasteiger partial charge on any atom is 0.148 e. The number of nitrogens with one attached hydrogen (secondary N) is 1. The summed E-state index contributed by atoms with van der Waals surface area (Å²) in [5.41, 5.74) is 2.01. The highest BCUT2D eigenvalue weighted by Gasteiger charge is 1.96. The highest BCUT2D eigenvalue weighted by molar-refractivity contribution is 5.33. The summed E-state index contributed by atoms with van der Waals surface area (Å²) in [4.78, 5) is 0. The fourth-order valence-corrected chi connectivity index (χ4v) is 1.08. The van der Waals surface area contributed by atoms with E-state index in [1.54, 1.807) is 12.5 Å². The third kappa shape index (κ3) is 2.10. The van der Waals surface area contributed by atoms with Crippen LogP contribution in [0.15, 0.2) is 35.1 Å². The first-order valence-electron chi connectivity index (χ1n) is 4.40. The molecule has 4 nitrogen and oxygen atoms in total. The average Bonchev–Trinajstić information content (AvgIpc) is 2.70. The number of furan rings is 1. The van der Waals surface area contributed by atoms with E-state index in [9.17, 15) is 0 Å². The lowest BCUT2D eigenvalue weighted by Gasteiger charge is -2.01. The van der Waals surface area contributed by atoms with E-state index in [0.717, 1.165) is 17.1 Å². The van der Waals surface area contributed by atoms with Crippen LogP contribution in [0.5, 0.6) is 0 Å². The van der Waals surface area contributed by atoms with Crippen LogP contribution in [0.25, 0.3) is 0 Å². The molecule has 1 N–H and O–H groups in total. The zero-order chi connectivity index (χ0) is 9.80. The van der Waals surface area contributed by atoms with Gasteiger partial charge in [-0.05, 0) is 25.1 Å². The van der Waals surface area contributed by atoms with Crippen molar-refractivity contribution in [2.45, 2.75) is 13.5 Å². The van der Waals surface area contributed by atoms with Crippen molar-refractivity contribution in [3.63, 3.8) is 0 Å². The molecule has 0 saturated carbocycles. The Bertz CT molecular complexity index is 380. The summed E-state index contributed by atoms with van der Waals surface area (Å²) in [7, 11) is 0. The van der Waals surface area contributed by atoms with Gasteiger partial charge < -0.3 is 9.73 Å². The van der Waals surface area contributed by atoms with Crippen LogP contribution in [0.2, 0.25) is 0 Å². The van der Waals surface area contributed by atoms with Crippen LogP contribution in [-0.2, 0) is 6.54 Å². The predicted octanol–water partition coefficient (Wildman–Crippen LogP) is 1.99. The summed E-state index contributed by atoms with van der Waals surface area (Å²) in [5, 5.41) is 11.1. The first-order chi connectivity index (χ1) is 6.84. The van der Waals surface area contributed by atoms with Crippen molar-refractivity contribution in [1.29, 1.82) is 0 Å². The molecule has 0 radical (unpaired) electrons. The highest BCUT2D eigenvalue weighted by atomic mass is 16.3. The van der Waals surface area contributed by atoms with Crippen LogP contribution in [0, 0.1) is 6.92 Å². The quantitative estimate of drug-likeness (QED) is 0.802. The molecule has 2 rings (SSSR count). The molecule has 0 saturated heterocycles. The summed E-state index contributed by atoms with van der Waals surface area (Å²) < 4.78 is 4.95. The molecule has 0 bridgehead atoms. The van der Waals surface area contributed by atoms with Crippen molar-refractivity contribution in [2.24, 2.45) is 0 Å². The molecular formula is C10H11N3O. The molecular weight excluding hydrogens is 178 g/mol. The molecule has 0 atom stereocenters. The lowest BCUT2D eigenvalue weighted by molar-refractivity contribution is 0.564. The number of aromatic nitrogens is 2. The minimum absolute atomic E-state index is 0.703. The number of aryl methyl sites for hydroxylation is 1. The molecule has 0 aliphatic carbocycles. The van der Waals surface area contributed by atoms with Crippen LogP contribution >= 0.6 is 0 Å². The zero-order valence-electron chi connectivity index (χ0n) is 7.90. The zero-order valence-corrected chi connectivity index (χ0v) is 7.90. The van der Waals surface area contributed by atoms with Crippen molar-refractivity contribution in [3.8, 4) is 0 Å². The van der Waals surface area contributed by atoms with Gasteiger partial charge in [-0.1, -0.05) is 0 Å². The third-order valence-corrected chi connectivity index (χ3v) is 1.85. The maximum atomic E-state index is 4.95. The first-order valence-corrected chi connectivity index (χ1v) is 4.40. The lowest BCUT2D eigenvalue weighted by atomic mass is 10.3. The second kappa shape index (κ2) is 3.91. The molecule has 0 unspecified atom stereocenters. The van der Waals surface area contributed by atoms with Crippen LogP contribution in [0.1, 0.15) is 11.3 Å². The van der Waals surface area contributed by atoms with Crippen LogP contribution in [-0.4, -0.2) is 10.2 Å². The fraction of sp³-hybridized carbons (Fsp3) is 0.200. The van der Waals surface area contributed by atoms with E-state index in [2.05, 4.69) is 15.5 Å². The van der Waals surface area contributed by atoms with Gasteiger partial charge in [-0.25, -0.2) is 0 Å². The Hall–Kier alpha value is -1.84. The Morgan fingerprint density at radius 1 is 1.29 bits per heavy atom. The first kappa shape index (κ1) is 8.74. The van der Waals surface area contributed by atoms with E-state index < -0.39 is 0 Å². The molecule has 0 aliphatic rings. The molecule has 0 fully saturated rings. The Balaban J connectivity index is 1.95. The number of nitrogens with zero attached hydrogens (tertiary/aromatic N) is 2. The summed E-state index contributed by atoms with van der Waals surface area (Å²) in [6.45, 7) is 2.61. The van der Waals surface area contributed by atoms with Crippen LogP contribution in [0.4, 0.5) is 5.82 Å². The van der Waals surface area contributed by atoms with E-state index in [0.29, 0.717) is 6.54 Å². The Morgan fingerprint density at radius 3 is 2.86 bits per heavy atom. The van der Waals surface area contributed by atoms with E-state index >= 15 is 0 Å². The summed E-state index contributed by atoms with van der Waals surface area (Å²) >= 11 is 0. The van der Waals surface area contributed by atoms with E-state index in [1.807, 2.05) is 25.1 Å². The third-order valence-electron chi connectivity index (χ3n) is 1.85. The maximum absolute atomic E-state index is 4.95. The summed E-state index contributed by atoms with van der Waals surface area (Å²) in [5.74, 6) is 0.775. The Labute approximate surface area is 82.0 Å². The van der Waals surface area contributed by atoms with Gasteiger partial charge in [-0.2, -0.15) is 5.10 Å². The molecule has 0 spiro atoms. The van der Waals surface area contributed by atoms with Gasteiger partial charge in [-0.3, -0.25) is 0 Å². The average molecular weight is 189 g/mol. The monoisotopic (exact) mass is 189 g/mol. The Morgan fingerprint density at radius 2 is 2.21 bits per heavy atom. The number of hydrogen-bond donors (Lipinski definition) is 1. The fourth-order valence-electron chi connectivity index (χ4n) is 1.08. The van der Waals surface area contributed by atoms with E-state index in [-0.39, 0.29) is 0 Å². The molecule has 0 aromatic carbocycles. The van der Waals surface area contributed by atoms with Gasteiger partial charge in [0.25, 0.3) is 0 Å². The molecule has 0 amide bonds. The van der Waals surface area contributed by atoms with Crippen molar-refractivity contribution in [1.82, 2.24) is 10.2 Å². The van der Waals surface area contributed by atoms with Crippen LogP contribution in [0.3, 0.4) is 0 Å². The van der Waals surface area contributed by atoms with Gasteiger partial charge in [0, 0.05) is 12.1 Å². The summed E-state index contributed by atoms with van der Waals surface area (Å²) in [6, 6.07) is 5.74. The van der Waals surface area contributed by atoms with Gasteiger partial charge in [0.15, 0.2) is 0 Å². The number of hydrogen-bond acceptors (Lipinski definition) is 4. The molecule has 4 heteroatoms. The van der Waals surface area contributed by atoms with E-state index in [1.165, 1.54) is 0 Å². The molecule has 2 aromatic heterocycles.